The molecule has 0 bridgehead atoms. The second-order valence-corrected chi connectivity index (χ2v) is 6.11. The van der Waals surface area contributed by atoms with Crippen LogP contribution in [0.25, 0.3) is 22.4 Å². The van der Waals surface area contributed by atoms with Gasteiger partial charge in [-0.3, -0.25) is 0 Å². The number of phenolic OH excluding ortho intramolecular Hbond substituents is 1. The second-order valence-electron chi connectivity index (χ2n) is 5.19. The van der Waals surface area contributed by atoms with E-state index < -0.39 is 0 Å². The van der Waals surface area contributed by atoms with Crippen LogP contribution < -0.4 is 0 Å². The maximum absolute atomic E-state index is 13.5. The highest BCUT2D eigenvalue weighted by molar-refractivity contribution is 9.10. The minimum Gasteiger partial charge on any atom is -0.507 e. The first-order valence-corrected chi connectivity index (χ1v) is 7.43. The first-order chi connectivity index (χ1) is 9.97. The highest BCUT2D eigenvalue weighted by atomic mass is 79.9. The SMILES string of the molecule is CC(C)n1c(-c2cc(Br)ccc2O)nc2ccc(F)cc21. The molecule has 0 spiro atoms. The molecule has 0 amide bonds. The second kappa shape index (κ2) is 5.15. The van der Waals surface area contributed by atoms with Crippen molar-refractivity contribution >= 4 is 27.0 Å². The van der Waals surface area contributed by atoms with E-state index >= 15 is 0 Å². The van der Waals surface area contributed by atoms with Gasteiger partial charge in [0.2, 0.25) is 0 Å². The van der Waals surface area contributed by atoms with E-state index in [1.807, 2.05) is 24.5 Å². The summed E-state index contributed by atoms with van der Waals surface area (Å²) in [5, 5.41) is 10.1. The minimum atomic E-state index is -0.297. The van der Waals surface area contributed by atoms with E-state index in [9.17, 15) is 9.50 Å². The number of benzene rings is 2. The van der Waals surface area contributed by atoms with Crippen molar-refractivity contribution in [3.8, 4) is 17.1 Å². The number of aromatic nitrogens is 2. The Bertz CT molecular complexity index is 827. The molecular formula is C16H14BrFN2O. The van der Waals surface area contributed by atoms with Gasteiger partial charge in [0.25, 0.3) is 0 Å². The van der Waals surface area contributed by atoms with Crippen LogP contribution in [0.1, 0.15) is 19.9 Å². The monoisotopic (exact) mass is 348 g/mol. The lowest BCUT2D eigenvalue weighted by molar-refractivity contribution is 0.476. The van der Waals surface area contributed by atoms with Gasteiger partial charge in [-0.1, -0.05) is 15.9 Å². The lowest BCUT2D eigenvalue weighted by Crippen LogP contribution is -2.03. The first-order valence-electron chi connectivity index (χ1n) is 6.63. The molecule has 0 aliphatic heterocycles. The lowest BCUT2D eigenvalue weighted by Gasteiger charge is -2.14. The van der Waals surface area contributed by atoms with E-state index in [4.69, 9.17) is 0 Å². The predicted octanol–water partition coefficient (Wildman–Crippen LogP) is 4.89. The summed E-state index contributed by atoms with van der Waals surface area (Å²) in [6, 6.07) is 9.80. The normalized spacial score (nSPS) is 11.5. The van der Waals surface area contributed by atoms with E-state index in [1.165, 1.54) is 12.1 Å². The van der Waals surface area contributed by atoms with Crippen LogP contribution in [0.5, 0.6) is 5.75 Å². The summed E-state index contributed by atoms with van der Waals surface area (Å²) in [6.45, 7) is 4.01. The van der Waals surface area contributed by atoms with Gasteiger partial charge >= 0.3 is 0 Å². The van der Waals surface area contributed by atoms with Gasteiger partial charge in [0.1, 0.15) is 17.4 Å². The zero-order valence-corrected chi connectivity index (χ0v) is 13.2. The molecule has 0 fully saturated rings. The van der Waals surface area contributed by atoms with E-state index in [-0.39, 0.29) is 17.6 Å². The number of rotatable bonds is 2. The average molecular weight is 349 g/mol. The molecule has 0 atom stereocenters. The van der Waals surface area contributed by atoms with Crippen molar-refractivity contribution in [2.45, 2.75) is 19.9 Å². The van der Waals surface area contributed by atoms with Gasteiger partial charge in [0.15, 0.2) is 0 Å². The maximum atomic E-state index is 13.5. The topological polar surface area (TPSA) is 38.0 Å². The summed E-state index contributed by atoms with van der Waals surface area (Å²) in [6.07, 6.45) is 0. The summed E-state index contributed by atoms with van der Waals surface area (Å²) in [7, 11) is 0. The minimum absolute atomic E-state index is 0.0881. The van der Waals surface area contributed by atoms with Crippen molar-refractivity contribution in [1.29, 1.82) is 0 Å². The van der Waals surface area contributed by atoms with Gasteiger partial charge in [-0.05, 0) is 50.2 Å². The summed E-state index contributed by atoms with van der Waals surface area (Å²) < 4.78 is 16.3. The summed E-state index contributed by atoms with van der Waals surface area (Å²) in [4.78, 5) is 4.56. The zero-order chi connectivity index (χ0) is 15.1. The maximum Gasteiger partial charge on any atom is 0.145 e. The smallest absolute Gasteiger partial charge is 0.145 e. The fourth-order valence-corrected chi connectivity index (χ4v) is 2.83. The standard InChI is InChI=1S/C16H14BrFN2O/c1-9(2)20-14-8-11(18)4-5-13(14)19-16(20)12-7-10(17)3-6-15(12)21/h3-9,21H,1-2H3. The average Bonchev–Trinajstić information content (AvgIpc) is 2.79. The third-order valence-electron chi connectivity index (χ3n) is 3.37. The Morgan fingerprint density at radius 2 is 1.95 bits per heavy atom. The molecule has 5 heteroatoms. The Hall–Kier alpha value is -1.88. The molecule has 108 valence electrons. The van der Waals surface area contributed by atoms with Crippen LogP contribution in [0.2, 0.25) is 0 Å². The van der Waals surface area contributed by atoms with Crippen LogP contribution in [-0.4, -0.2) is 14.7 Å². The largest absolute Gasteiger partial charge is 0.507 e. The third kappa shape index (κ3) is 2.42. The van der Waals surface area contributed by atoms with Crippen LogP contribution in [0.15, 0.2) is 40.9 Å². The number of fused-ring (bicyclic) bond motifs is 1. The molecule has 0 aliphatic carbocycles. The molecule has 2 aromatic carbocycles. The van der Waals surface area contributed by atoms with Gasteiger partial charge in [-0.25, -0.2) is 9.37 Å². The number of hydrogen-bond donors (Lipinski definition) is 1. The Labute approximate surface area is 130 Å². The number of hydrogen-bond acceptors (Lipinski definition) is 2. The van der Waals surface area contributed by atoms with Crippen molar-refractivity contribution < 1.29 is 9.50 Å². The first kappa shape index (κ1) is 14.1. The molecule has 21 heavy (non-hydrogen) atoms. The summed E-state index contributed by atoms with van der Waals surface area (Å²) >= 11 is 3.40. The van der Waals surface area contributed by atoms with Gasteiger partial charge in [0.05, 0.1) is 16.6 Å². The number of aromatic hydroxyl groups is 1. The van der Waals surface area contributed by atoms with Gasteiger partial charge in [-0.15, -0.1) is 0 Å². The Kier molecular flexibility index (Phi) is 3.45. The zero-order valence-electron chi connectivity index (χ0n) is 11.6. The molecule has 3 aromatic rings. The highest BCUT2D eigenvalue weighted by Crippen LogP contribution is 2.35. The molecule has 3 rings (SSSR count). The predicted molar refractivity (Wildman–Crippen MR) is 84.9 cm³/mol. The number of nitrogens with zero attached hydrogens (tertiary/aromatic N) is 2. The molecule has 0 saturated heterocycles. The van der Waals surface area contributed by atoms with Crippen molar-refractivity contribution in [3.05, 3.63) is 46.7 Å². The lowest BCUT2D eigenvalue weighted by atomic mass is 10.2. The highest BCUT2D eigenvalue weighted by Gasteiger charge is 2.18. The Morgan fingerprint density at radius 3 is 2.67 bits per heavy atom. The molecule has 0 radical (unpaired) electrons. The van der Waals surface area contributed by atoms with E-state index in [0.29, 0.717) is 16.9 Å². The molecule has 1 heterocycles. The summed E-state index contributed by atoms with van der Waals surface area (Å²) in [5.74, 6) is 0.481. The van der Waals surface area contributed by atoms with Gasteiger partial charge in [0, 0.05) is 10.5 Å². The molecule has 0 saturated carbocycles. The Balaban J connectivity index is 2.36. The number of imidazole rings is 1. The van der Waals surface area contributed by atoms with Crippen molar-refractivity contribution in [2.24, 2.45) is 0 Å². The van der Waals surface area contributed by atoms with E-state index in [0.717, 1.165) is 9.99 Å². The fourth-order valence-electron chi connectivity index (χ4n) is 2.47. The van der Waals surface area contributed by atoms with Crippen LogP contribution in [0.4, 0.5) is 4.39 Å². The van der Waals surface area contributed by atoms with Gasteiger partial charge in [-0.2, -0.15) is 0 Å². The number of halogens is 2. The van der Waals surface area contributed by atoms with Crippen molar-refractivity contribution in [2.75, 3.05) is 0 Å². The van der Waals surface area contributed by atoms with Crippen LogP contribution in [-0.2, 0) is 0 Å². The Morgan fingerprint density at radius 1 is 1.19 bits per heavy atom. The van der Waals surface area contributed by atoms with Crippen LogP contribution >= 0.6 is 15.9 Å². The van der Waals surface area contributed by atoms with Crippen LogP contribution in [0, 0.1) is 5.82 Å². The third-order valence-corrected chi connectivity index (χ3v) is 3.86. The molecular weight excluding hydrogens is 335 g/mol. The van der Waals surface area contributed by atoms with E-state index in [2.05, 4.69) is 20.9 Å². The summed E-state index contributed by atoms with van der Waals surface area (Å²) in [5.41, 5.74) is 2.05. The van der Waals surface area contributed by atoms with Gasteiger partial charge < -0.3 is 9.67 Å². The molecule has 1 N–H and O–H groups in total. The van der Waals surface area contributed by atoms with E-state index in [1.54, 1.807) is 18.2 Å². The van der Waals surface area contributed by atoms with Crippen molar-refractivity contribution in [1.82, 2.24) is 9.55 Å². The fraction of sp³-hybridized carbons (Fsp3) is 0.188. The molecule has 3 nitrogen and oxygen atoms in total. The number of phenols is 1. The molecule has 1 aromatic heterocycles. The quantitative estimate of drug-likeness (QED) is 0.715. The van der Waals surface area contributed by atoms with Crippen molar-refractivity contribution in [3.63, 3.8) is 0 Å². The molecule has 0 unspecified atom stereocenters. The molecule has 0 aliphatic rings. The van der Waals surface area contributed by atoms with Crippen LogP contribution in [0.3, 0.4) is 0 Å².